The Kier molecular flexibility index (Phi) is 5.41. The molecular weight excluding hydrogens is 532 g/mol. The van der Waals surface area contributed by atoms with Gasteiger partial charge in [-0.05, 0) is 48.0 Å². The van der Waals surface area contributed by atoms with Gasteiger partial charge in [0, 0.05) is 33.9 Å². The van der Waals surface area contributed by atoms with Crippen LogP contribution in [0.1, 0.15) is 48.1 Å². The van der Waals surface area contributed by atoms with Gasteiger partial charge in [0.25, 0.3) is 0 Å². The summed E-state index contributed by atoms with van der Waals surface area (Å²) in [6.07, 6.45) is 3.40. The Balaban J connectivity index is 1.56. The van der Waals surface area contributed by atoms with Crippen LogP contribution in [0.5, 0.6) is 0 Å². The van der Waals surface area contributed by atoms with Crippen molar-refractivity contribution in [2.24, 2.45) is 5.41 Å². The van der Waals surface area contributed by atoms with Gasteiger partial charge in [0.2, 0.25) is 0 Å². The van der Waals surface area contributed by atoms with E-state index in [0.717, 1.165) is 0 Å². The van der Waals surface area contributed by atoms with Gasteiger partial charge in [-0.1, -0.05) is 72.3 Å². The highest BCUT2D eigenvalue weighted by atomic mass is 35.5. The fourth-order valence-corrected chi connectivity index (χ4v) is 7.04. The number of rotatable bonds is 3. The van der Waals surface area contributed by atoms with Crippen LogP contribution in [0.2, 0.25) is 5.02 Å². The van der Waals surface area contributed by atoms with Crippen LogP contribution in [-0.2, 0) is 0 Å². The minimum Gasteiger partial charge on any atom is -0.352 e. The lowest BCUT2D eigenvalue weighted by Gasteiger charge is -2.37. The largest absolute Gasteiger partial charge is 0.352 e. The van der Waals surface area contributed by atoms with E-state index >= 15 is 0 Å². The van der Waals surface area contributed by atoms with Gasteiger partial charge >= 0.3 is 0 Å². The van der Waals surface area contributed by atoms with Gasteiger partial charge in [-0.15, -0.1) is 0 Å². The molecule has 1 spiro atoms. The Morgan fingerprint density at radius 2 is 1.43 bits per heavy atom. The number of hydrogen-bond donors (Lipinski definition) is 0. The number of anilines is 1. The fraction of sp³-hybridized carbons (Fsp3) is 0.121. The molecule has 7 heteroatoms. The predicted octanol–water partition coefficient (Wildman–Crippen LogP) is 6.93. The second-order valence-corrected chi connectivity index (χ2v) is 10.7. The van der Waals surface area contributed by atoms with Crippen molar-refractivity contribution < 1.29 is 23.2 Å². The zero-order chi connectivity index (χ0) is 27.8. The summed E-state index contributed by atoms with van der Waals surface area (Å²) >= 11 is 6.50. The molecular formula is C33H20ClF2NO3. The monoisotopic (exact) mass is 551 g/mol. The minimum atomic E-state index is -1.73. The van der Waals surface area contributed by atoms with Crippen molar-refractivity contribution in [3.8, 4) is 0 Å². The molecule has 0 N–H and O–H groups in total. The van der Waals surface area contributed by atoms with Gasteiger partial charge in [-0.2, -0.15) is 0 Å². The number of halogens is 3. The number of Topliss-reactive ketones (excluding diaryl/α,β-unsaturated/α-hetero) is 3. The Bertz CT molecular complexity index is 1750. The van der Waals surface area contributed by atoms with E-state index in [1.54, 1.807) is 71.6 Å². The highest BCUT2D eigenvalue weighted by molar-refractivity contribution is 6.35. The molecule has 0 bridgehead atoms. The third-order valence-electron chi connectivity index (χ3n) is 8.40. The molecule has 1 fully saturated rings. The van der Waals surface area contributed by atoms with E-state index in [2.05, 4.69) is 0 Å². The van der Waals surface area contributed by atoms with Crippen molar-refractivity contribution in [1.29, 1.82) is 0 Å². The van der Waals surface area contributed by atoms with Gasteiger partial charge in [0.15, 0.2) is 17.3 Å². The lowest BCUT2D eigenvalue weighted by molar-refractivity contribution is 0.0666. The first kappa shape index (κ1) is 24.6. The molecule has 3 atom stereocenters. The van der Waals surface area contributed by atoms with Crippen LogP contribution < -0.4 is 4.90 Å². The smallest absolute Gasteiger partial charge is 0.187 e. The second-order valence-electron chi connectivity index (χ2n) is 10.3. The van der Waals surface area contributed by atoms with Crippen LogP contribution in [0.3, 0.4) is 0 Å². The lowest BCUT2D eigenvalue weighted by Crippen LogP contribution is -2.48. The summed E-state index contributed by atoms with van der Waals surface area (Å²) in [5, 5.41) is 0.224. The van der Waals surface area contributed by atoms with Crippen LogP contribution in [-0.4, -0.2) is 29.4 Å². The third-order valence-corrected chi connectivity index (χ3v) is 8.73. The number of benzene rings is 4. The van der Waals surface area contributed by atoms with Crippen molar-refractivity contribution in [3.05, 3.63) is 142 Å². The Morgan fingerprint density at radius 3 is 2.10 bits per heavy atom. The zero-order valence-electron chi connectivity index (χ0n) is 20.9. The molecule has 1 aliphatic carbocycles. The number of hydrogen-bond acceptors (Lipinski definition) is 4. The number of ketones is 3. The van der Waals surface area contributed by atoms with Crippen molar-refractivity contribution in [3.63, 3.8) is 0 Å². The van der Waals surface area contributed by atoms with E-state index in [-0.39, 0.29) is 21.7 Å². The van der Waals surface area contributed by atoms with E-state index in [1.807, 2.05) is 0 Å². The second kappa shape index (κ2) is 8.80. The summed E-state index contributed by atoms with van der Waals surface area (Å²) in [7, 11) is 0. The van der Waals surface area contributed by atoms with E-state index in [4.69, 9.17) is 11.6 Å². The fourth-order valence-electron chi connectivity index (χ4n) is 6.81. The number of carbonyl (C=O) groups is 3. The quantitative estimate of drug-likeness (QED) is 0.204. The Labute approximate surface area is 233 Å². The first-order valence-electron chi connectivity index (χ1n) is 12.8. The summed E-state index contributed by atoms with van der Waals surface area (Å²) in [6, 6.07) is 21.0. The molecule has 40 heavy (non-hydrogen) atoms. The van der Waals surface area contributed by atoms with Gasteiger partial charge in [-0.25, -0.2) is 8.78 Å². The van der Waals surface area contributed by atoms with Crippen LogP contribution in [0, 0.1) is 17.0 Å². The van der Waals surface area contributed by atoms with Crippen molar-refractivity contribution in [2.45, 2.75) is 18.0 Å². The normalized spacial score (nSPS) is 21.9. The average molecular weight is 552 g/mol. The average Bonchev–Trinajstić information content (AvgIpc) is 3.39. The number of nitrogens with zero attached hydrogens (tertiary/aromatic N) is 1. The summed E-state index contributed by atoms with van der Waals surface area (Å²) in [6.45, 7) is 0. The van der Waals surface area contributed by atoms with Gasteiger partial charge in [-0.3, -0.25) is 14.4 Å². The third kappa shape index (κ3) is 3.20. The topological polar surface area (TPSA) is 54.5 Å². The first-order valence-corrected chi connectivity index (χ1v) is 13.2. The molecule has 7 rings (SSSR count). The lowest BCUT2D eigenvalue weighted by atomic mass is 9.64. The molecule has 2 heterocycles. The van der Waals surface area contributed by atoms with Gasteiger partial charge < -0.3 is 4.90 Å². The molecule has 0 unspecified atom stereocenters. The molecule has 1 saturated heterocycles. The van der Waals surface area contributed by atoms with Crippen LogP contribution in [0.25, 0.3) is 6.08 Å². The maximum absolute atomic E-state index is 14.6. The maximum atomic E-state index is 14.6. The molecule has 4 nitrogen and oxygen atoms in total. The van der Waals surface area contributed by atoms with Crippen LogP contribution in [0.4, 0.5) is 14.5 Å². The first-order chi connectivity index (χ1) is 19.3. The minimum absolute atomic E-state index is 0.224. The van der Waals surface area contributed by atoms with E-state index in [1.165, 1.54) is 36.4 Å². The maximum Gasteiger partial charge on any atom is 0.187 e. The van der Waals surface area contributed by atoms with E-state index in [9.17, 15) is 23.2 Å². The summed E-state index contributed by atoms with van der Waals surface area (Å²) in [5.74, 6) is -3.15. The summed E-state index contributed by atoms with van der Waals surface area (Å²) in [5.41, 5.74) is 0.551. The van der Waals surface area contributed by atoms with Crippen molar-refractivity contribution in [1.82, 2.24) is 0 Å². The van der Waals surface area contributed by atoms with Crippen molar-refractivity contribution in [2.75, 3.05) is 4.90 Å². The summed E-state index contributed by atoms with van der Waals surface area (Å²) < 4.78 is 28.4. The standard InChI is InChI=1S/C33H20ClF2NO3/c34-25-8-4-3-7-24(25)30(38)29-28(18-9-12-20(35)13-10-18)33(31(39)22-5-1-2-6-23(22)32(33)40)27-16-11-19-17-21(36)14-15-26(19)37(27)29/h1-17,27-29H/t27-,28+,29-/m0/s1. The molecule has 0 aromatic heterocycles. The molecule has 0 radical (unpaired) electrons. The predicted molar refractivity (Wildman–Crippen MR) is 148 cm³/mol. The molecule has 196 valence electrons. The van der Waals surface area contributed by atoms with Crippen LogP contribution in [0.15, 0.2) is 97.1 Å². The molecule has 3 aliphatic rings. The highest BCUT2D eigenvalue weighted by Crippen LogP contribution is 2.61. The molecule has 4 aromatic carbocycles. The zero-order valence-corrected chi connectivity index (χ0v) is 21.6. The molecule has 4 aromatic rings. The van der Waals surface area contributed by atoms with E-state index < -0.39 is 52.4 Å². The Hall–Kier alpha value is -4.42. The van der Waals surface area contributed by atoms with E-state index in [0.29, 0.717) is 16.8 Å². The summed E-state index contributed by atoms with van der Waals surface area (Å²) in [4.78, 5) is 45.4. The van der Waals surface area contributed by atoms with Gasteiger partial charge in [0.1, 0.15) is 23.1 Å². The van der Waals surface area contributed by atoms with Gasteiger partial charge in [0.05, 0.1) is 11.1 Å². The van der Waals surface area contributed by atoms with Crippen molar-refractivity contribution >= 4 is 40.7 Å². The molecule has 0 saturated carbocycles. The highest BCUT2D eigenvalue weighted by Gasteiger charge is 2.71. The molecule has 0 amide bonds. The van der Waals surface area contributed by atoms with Crippen LogP contribution >= 0.6 is 11.6 Å². The number of carbonyl (C=O) groups excluding carboxylic acids is 3. The molecule has 2 aliphatic heterocycles. The SMILES string of the molecule is O=C(c1ccccc1Cl)[C@@H]1[C@@H](c2ccc(F)cc2)C2(C(=O)c3ccccc3C2=O)[C@@H]2C=Cc3cc(F)ccc3N12. The Morgan fingerprint density at radius 1 is 0.800 bits per heavy atom. The number of fused-ring (bicyclic) bond motifs is 5.